The average molecular weight is 300 g/mol. The predicted molar refractivity (Wildman–Crippen MR) is 78.9 cm³/mol. The molecule has 2 rings (SSSR count). The Balaban J connectivity index is 1.89. The first-order chi connectivity index (χ1) is 9.61. The minimum absolute atomic E-state index is 0.0380. The lowest BCUT2D eigenvalue weighted by molar-refractivity contribution is -0.0800. The Bertz CT molecular complexity index is 429. The number of benzene rings is 1. The molecule has 20 heavy (non-hydrogen) atoms. The van der Waals surface area contributed by atoms with E-state index < -0.39 is 6.10 Å². The molecule has 0 aliphatic carbocycles. The van der Waals surface area contributed by atoms with Crippen LogP contribution in [0.15, 0.2) is 24.3 Å². The van der Waals surface area contributed by atoms with Gasteiger partial charge < -0.3 is 14.9 Å². The highest BCUT2D eigenvalue weighted by atomic mass is 35.5. The van der Waals surface area contributed by atoms with Crippen LogP contribution in [-0.2, 0) is 4.74 Å². The van der Waals surface area contributed by atoms with Gasteiger partial charge >= 0.3 is 0 Å². The van der Waals surface area contributed by atoms with Crippen molar-refractivity contribution in [3.63, 3.8) is 0 Å². The molecular formula is C15H22ClNO3. The van der Waals surface area contributed by atoms with Crippen LogP contribution in [0.3, 0.4) is 0 Å². The van der Waals surface area contributed by atoms with Gasteiger partial charge in [-0.05, 0) is 25.0 Å². The van der Waals surface area contributed by atoms with Crippen LogP contribution in [0.5, 0.6) is 0 Å². The molecule has 112 valence electrons. The van der Waals surface area contributed by atoms with Gasteiger partial charge in [-0.2, -0.15) is 0 Å². The summed E-state index contributed by atoms with van der Waals surface area (Å²) in [5.41, 5.74) is 0.772. The lowest BCUT2D eigenvalue weighted by Gasteiger charge is -2.37. The maximum atomic E-state index is 10.2. The second kappa shape index (κ2) is 7.38. The zero-order valence-corrected chi connectivity index (χ0v) is 12.5. The minimum Gasteiger partial charge on any atom is -0.394 e. The molecule has 4 nitrogen and oxygen atoms in total. The second-order valence-electron chi connectivity index (χ2n) is 5.31. The van der Waals surface area contributed by atoms with Crippen molar-refractivity contribution >= 4 is 11.6 Å². The Morgan fingerprint density at radius 2 is 2.20 bits per heavy atom. The van der Waals surface area contributed by atoms with Crippen molar-refractivity contribution in [1.82, 2.24) is 4.90 Å². The van der Waals surface area contributed by atoms with E-state index in [0.29, 0.717) is 30.6 Å². The van der Waals surface area contributed by atoms with Crippen molar-refractivity contribution in [2.75, 3.05) is 26.3 Å². The van der Waals surface area contributed by atoms with E-state index >= 15 is 0 Å². The summed E-state index contributed by atoms with van der Waals surface area (Å²) in [4.78, 5) is 2.24. The maximum absolute atomic E-state index is 10.2. The van der Waals surface area contributed by atoms with E-state index in [2.05, 4.69) is 11.8 Å². The molecule has 1 aromatic carbocycles. The van der Waals surface area contributed by atoms with Gasteiger partial charge in [-0.1, -0.05) is 29.8 Å². The number of morpholine rings is 1. The quantitative estimate of drug-likeness (QED) is 0.871. The van der Waals surface area contributed by atoms with Gasteiger partial charge in [0.15, 0.2) is 0 Å². The van der Waals surface area contributed by atoms with Crippen LogP contribution in [0.2, 0.25) is 5.02 Å². The van der Waals surface area contributed by atoms with E-state index in [4.69, 9.17) is 21.4 Å². The number of nitrogens with zero attached hydrogens (tertiary/aromatic N) is 1. The summed E-state index contributed by atoms with van der Waals surface area (Å²) in [6.45, 7) is 4.21. The Labute approximate surface area is 124 Å². The van der Waals surface area contributed by atoms with E-state index in [1.54, 1.807) is 6.07 Å². The standard InChI is InChI=1S/C15H22ClNO3/c1-11-10-20-12(9-18)8-17(11)7-6-15(19)13-4-2-3-5-14(13)16/h2-5,11-12,15,18-19H,6-10H2,1H3. The first-order valence-corrected chi connectivity index (χ1v) is 7.38. The molecular weight excluding hydrogens is 278 g/mol. The third kappa shape index (κ3) is 3.93. The molecule has 2 N–H and O–H groups in total. The number of aliphatic hydroxyl groups is 2. The monoisotopic (exact) mass is 299 g/mol. The van der Waals surface area contributed by atoms with Crippen LogP contribution >= 0.6 is 11.6 Å². The third-order valence-electron chi connectivity index (χ3n) is 3.79. The topological polar surface area (TPSA) is 52.9 Å². The molecule has 0 amide bonds. The third-order valence-corrected chi connectivity index (χ3v) is 4.14. The highest BCUT2D eigenvalue weighted by Crippen LogP contribution is 2.25. The summed E-state index contributed by atoms with van der Waals surface area (Å²) >= 11 is 6.09. The molecule has 3 atom stereocenters. The highest BCUT2D eigenvalue weighted by Gasteiger charge is 2.26. The molecule has 0 aromatic heterocycles. The Morgan fingerprint density at radius 1 is 1.45 bits per heavy atom. The summed E-state index contributed by atoms with van der Waals surface area (Å²) in [5.74, 6) is 0. The van der Waals surface area contributed by atoms with Crippen LogP contribution < -0.4 is 0 Å². The van der Waals surface area contributed by atoms with Crippen LogP contribution in [0.1, 0.15) is 25.0 Å². The van der Waals surface area contributed by atoms with Gasteiger partial charge in [0.05, 0.1) is 25.4 Å². The van der Waals surface area contributed by atoms with Gasteiger partial charge in [-0.25, -0.2) is 0 Å². The Kier molecular flexibility index (Phi) is 5.81. The van der Waals surface area contributed by atoms with Crippen molar-refractivity contribution in [1.29, 1.82) is 0 Å². The number of rotatable bonds is 5. The van der Waals surface area contributed by atoms with Gasteiger partial charge in [0.2, 0.25) is 0 Å². The molecule has 1 aliphatic heterocycles. The van der Waals surface area contributed by atoms with Gasteiger partial charge in [0.25, 0.3) is 0 Å². The first kappa shape index (κ1) is 15.7. The maximum Gasteiger partial charge on any atom is 0.0933 e. The summed E-state index contributed by atoms with van der Waals surface area (Å²) in [7, 11) is 0. The molecule has 1 aliphatic rings. The van der Waals surface area contributed by atoms with Crippen molar-refractivity contribution in [2.45, 2.75) is 31.6 Å². The van der Waals surface area contributed by atoms with E-state index in [1.807, 2.05) is 18.2 Å². The Morgan fingerprint density at radius 3 is 2.90 bits per heavy atom. The van der Waals surface area contributed by atoms with Crippen molar-refractivity contribution in [3.8, 4) is 0 Å². The summed E-state index contributed by atoms with van der Waals surface area (Å²) in [6.07, 6.45) is -0.0679. The van der Waals surface area contributed by atoms with Gasteiger partial charge in [0, 0.05) is 24.2 Å². The van der Waals surface area contributed by atoms with Crippen molar-refractivity contribution in [3.05, 3.63) is 34.9 Å². The normalized spacial score (nSPS) is 25.6. The van der Waals surface area contributed by atoms with Crippen LogP contribution in [-0.4, -0.2) is 53.6 Å². The zero-order chi connectivity index (χ0) is 14.5. The van der Waals surface area contributed by atoms with Gasteiger partial charge in [-0.15, -0.1) is 0 Å². The van der Waals surface area contributed by atoms with Crippen molar-refractivity contribution < 1.29 is 14.9 Å². The molecule has 3 unspecified atom stereocenters. The smallest absolute Gasteiger partial charge is 0.0933 e. The number of hydrogen-bond donors (Lipinski definition) is 2. The highest BCUT2D eigenvalue weighted by molar-refractivity contribution is 6.31. The molecule has 1 saturated heterocycles. The number of ether oxygens (including phenoxy) is 1. The minimum atomic E-state index is -0.564. The molecule has 0 spiro atoms. The SMILES string of the molecule is CC1COC(CO)CN1CCC(O)c1ccccc1Cl. The number of halogens is 1. The van der Waals surface area contributed by atoms with Crippen molar-refractivity contribution in [2.24, 2.45) is 0 Å². The molecule has 0 bridgehead atoms. The van der Waals surface area contributed by atoms with E-state index in [1.165, 1.54) is 0 Å². The lowest BCUT2D eigenvalue weighted by atomic mass is 10.1. The molecule has 0 saturated carbocycles. The summed E-state index contributed by atoms with van der Waals surface area (Å²) < 4.78 is 5.50. The Hall–Kier alpha value is -0.650. The van der Waals surface area contributed by atoms with Crippen LogP contribution in [0.25, 0.3) is 0 Å². The van der Waals surface area contributed by atoms with E-state index in [0.717, 1.165) is 12.1 Å². The van der Waals surface area contributed by atoms with Crippen LogP contribution in [0.4, 0.5) is 0 Å². The van der Waals surface area contributed by atoms with Crippen LogP contribution in [0, 0.1) is 0 Å². The molecule has 0 radical (unpaired) electrons. The first-order valence-electron chi connectivity index (χ1n) is 7.00. The van der Waals surface area contributed by atoms with E-state index in [9.17, 15) is 5.11 Å². The predicted octanol–water partition coefficient (Wildman–Crippen LogP) is 1.85. The summed E-state index contributed by atoms with van der Waals surface area (Å²) in [6, 6.07) is 7.68. The fourth-order valence-corrected chi connectivity index (χ4v) is 2.75. The molecule has 1 aromatic rings. The lowest BCUT2D eigenvalue weighted by Crippen LogP contribution is -2.49. The van der Waals surface area contributed by atoms with E-state index in [-0.39, 0.29) is 12.7 Å². The van der Waals surface area contributed by atoms with Gasteiger partial charge in [0.1, 0.15) is 0 Å². The molecule has 1 heterocycles. The second-order valence-corrected chi connectivity index (χ2v) is 5.72. The largest absolute Gasteiger partial charge is 0.394 e. The fraction of sp³-hybridized carbons (Fsp3) is 0.600. The van der Waals surface area contributed by atoms with Gasteiger partial charge in [-0.3, -0.25) is 4.90 Å². The fourth-order valence-electron chi connectivity index (χ4n) is 2.49. The average Bonchev–Trinajstić information content (AvgIpc) is 2.46. The zero-order valence-electron chi connectivity index (χ0n) is 11.7. The summed E-state index contributed by atoms with van der Waals surface area (Å²) in [5, 5.41) is 20.0. The number of aliphatic hydroxyl groups excluding tert-OH is 2. The number of hydrogen-bond acceptors (Lipinski definition) is 4. The molecule has 1 fully saturated rings. The molecule has 5 heteroatoms.